The van der Waals surface area contributed by atoms with E-state index in [1.165, 1.54) is 0 Å². The third kappa shape index (κ3) is 5.05. The second kappa shape index (κ2) is 7.88. The van der Waals surface area contributed by atoms with Crippen LogP contribution in [0.15, 0.2) is 18.2 Å². The Labute approximate surface area is 116 Å². The Morgan fingerprint density at radius 1 is 1.20 bits per heavy atom. The number of carboxylic acid groups (broad SMARTS) is 1. The van der Waals surface area contributed by atoms with E-state index in [-0.39, 0.29) is 0 Å². The van der Waals surface area contributed by atoms with Crippen molar-refractivity contribution < 1.29 is 24.2 Å². The molecule has 0 atom stereocenters. The Morgan fingerprint density at radius 3 is 2.50 bits per heavy atom. The van der Waals surface area contributed by atoms with E-state index in [1.54, 1.807) is 18.2 Å². The van der Waals surface area contributed by atoms with Crippen molar-refractivity contribution in [3.8, 4) is 11.5 Å². The van der Waals surface area contributed by atoms with Gasteiger partial charge in [0.1, 0.15) is 18.0 Å². The minimum atomic E-state index is -1.12. The summed E-state index contributed by atoms with van der Waals surface area (Å²) in [5, 5.41) is 13.2. The number of urea groups is 1. The molecule has 0 aromatic heterocycles. The van der Waals surface area contributed by atoms with E-state index >= 15 is 0 Å². The third-order valence-electron chi connectivity index (χ3n) is 2.21. The number of rotatable bonds is 7. The smallest absolute Gasteiger partial charge is 0.323 e. The molecule has 0 saturated carbocycles. The lowest BCUT2D eigenvalue weighted by atomic mass is 10.2. The van der Waals surface area contributed by atoms with Crippen LogP contribution in [0.2, 0.25) is 0 Å². The Balaban J connectivity index is 2.80. The molecule has 7 heteroatoms. The molecule has 1 aromatic carbocycles. The monoisotopic (exact) mass is 282 g/mol. The first-order valence-corrected chi connectivity index (χ1v) is 6.23. The second-order valence-corrected chi connectivity index (χ2v) is 3.73. The summed E-state index contributed by atoms with van der Waals surface area (Å²) < 4.78 is 10.7. The topological polar surface area (TPSA) is 96.9 Å². The average molecular weight is 282 g/mol. The van der Waals surface area contributed by atoms with Crippen LogP contribution in [0.3, 0.4) is 0 Å². The SMILES string of the molecule is CCOc1ccc(OCC)c(NC(=O)NCC(=O)O)c1. The number of anilines is 1. The molecule has 1 rings (SSSR count). The van der Waals surface area contributed by atoms with Crippen LogP contribution in [0, 0.1) is 0 Å². The zero-order valence-electron chi connectivity index (χ0n) is 11.4. The molecule has 0 fully saturated rings. The van der Waals surface area contributed by atoms with Gasteiger partial charge in [0, 0.05) is 6.07 Å². The molecule has 0 aliphatic carbocycles. The lowest BCUT2D eigenvalue weighted by Gasteiger charge is -2.13. The van der Waals surface area contributed by atoms with Crippen LogP contribution in [0.4, 0.5) is 10.5 Å². The second-order valence-electron chi connectivity index (χ2n) is 3.73. The molecule has 0 aliphatic rings. The van der Waals surface area contributed by atoms with Crippen molar-refractivity contribution in [2.24, 2.45) is 0 Å². The van der Waals surface area contributed by atoms with Gasteiger partial charge in [-0.05, 0) is 26.0 Å². The molecule has 0 spiro atoms. The average Bonchev–Trinajstić information content (AvgIpc) is 2.40. The van der Waals surface area contributed by atoms with E-state index in [4.69, 9.17) is 14.6 Å². The van der Waals surface area contributed by atoms with Gasteiger partial charge in [0.05, 0.1) is 18.9 Å². The van der Waals surface area contributed by atoms with Gasteiger partial charge >= 0.3 is 12.0 Å². The van der Waals surface area contributed by atoms with Crippen LogP contribution in [-0.2, 0) is 4.79 Å². The molecule has 3 N–H and O–H groups in total. The number of hydrogen-bond acceptors (Lipinski definition) is 4. The summed E-state index contributed by atoms with van der Waals surface area (Å²) in [6.45, 7) is 4.16. The summed E-state index contributed by atoms with van der Waals surface area (Å²) in [5.41, 5.74) is 0.417. The lowest BCUT2D eigenvalue weighted by Crippen LogP contribution is -2.33. The summed E-state index contributed by atoms with van der Waals surface area (Å²) >= 11 is 0. The fourth-order valence-corrected chi connectivity index (χ4v) is 1.47. The molecule has 20 heavy (non-hydrogen) atoms. The highest BCUT2D eigenvalue weighted by atomic mass is 16.5. The highest BCUT2D eigenvalue weighted by Crippen LogP contribution is 2.29. The number of aliphatic carboxylic acids is 1. The van der Waals surface area contributed by atoms with Crippen LogP contribution >= 0.6 is 0 Å². The van der Waals surface area contributed by atoms with Crippen LogP contribution in [0.1, 0.15) is 13.8 Å². The molecule has 2 amide bonds. The van der Waals surface area contributed by atoms with Crippen LogP contribution < -0.4 is 20.1 Å². The fourth-order valence-electron chi connectivity index (χ4n) is 1.47. The molecule has 0 radical (unpaired) electrons. The summed E-state index contributed by atoms with van der Waals surface area (Å²) in [5.74, 6) is -0.0424. The Hall–Kier alpha value is -2.44. The van der Waals surface area contributed by atoms with E-state index in [0.29, 0.717) is 30.4 Å². The number of carboxylic acids is 1. The first kappa shape index (κ1) is 15.6. The standard InChI is InChI=1S/C13H18N2O5/c1-3-19-9-5-6-11(20-4-2)10(7-9)15-13(18)14-8-12(16)17/h5-7H,3-4,8H2,1-2H3,(H,16,17)(H2,14,15,18). The van der Waals surface area contributed by atoms with E-state index in [1.807, 2.05) is 13.8 Å². The van der Waals surface area contributed by atoms with Crippen LogP contribution in [-0.4, -0.2) is 36.9 Å². The summed E-state index contributed by atoms with van der Waals surface area (Å²) in [4.78, 5) is 21.9. The molecule has 0 saturated heterocycles. The minimum Gasteiger partial charge on any atom is -0.494 e. The Bertz CT molecular complexity index is 476. The fraction of sp³-hybridized carbons (Fsp3) is 0.385. The van der Waals surface area contributed by atoms with Crippen molar-refractivity contribution in [2.75, 3.05) is 25.1 Å². The third-order valence-corrected chi connectivity index (χ3v) is 2.21. The largest absolute Gasteiger partial charge is 0.494 e. The van der Waals surface area contributed by atoms with Crippen LogP contribution in [0.25, 0.3) is 0 Å². The number of carbonyl (C=O) groups excluding carboxylic acids is 1. The summed E-state index contributed by atoms with van der Waals surface area (Å²) in [7, 11) is 0. The van der Waals surface area contributed by atoms with Crippen molar-refractivity contribution in [2.45, 2.75) is 13.8 Å². The van der Waals surface area contributed by atoms with Crippen molar-refractivity contribution in [3.05, 3.63) is 18.2 Å². The normalized spacial score (nSPS) is 9.70. The van der Waals surface area contributed by atoms with E-state index in [0.717, 1.165) is 0 Å². The van der Waals surface area contributed by atoms with Gasteiger partial charge in [-0.15, -0.1) is 0 Å². The van der Waals surface area contributed by atoms with Crippen LogP contribution in [0.5, 0.6) is 11.5 Å². The summed E-state index contributed by atoms with van der Waals surface area (Å²) in [6.07, 6.45) is 0. The maximum absolute atomic E-state index is 11.6. The Kier molecular flexibility index (Phi) is 6.15. The number of hydrogen-bond donors (Lipinski definition) is 3. The molecular formula is C13H18N2O5. The molecule has 1 aromatic rings. The molecule has 0 aliphatic heterocycles. The van der Waals surface area contributed by atoms with Gasteiger partial charge in [0.15, 0.2) is 0 Å². The first-order chi connectivity index (χ1) is 9.56. The van der Waals surface area contributed by atoms with Gasteiger partial charge in [-0.1, -0.05) is 0 Å². The molecule has 0 heterocycles. The zero-order valence-corrected chi connectivity index (χ0v) is 11.4. The van der Waals surface area contributed by atoms with Gasteiger partial charge in [0.2, 0.25) is 0 Å². The highest BCUT2D eigenvalue weighted by molar-refractivity contribution is 5.92. The van der Waals surface area contributed by atoms with E-state index in [9.17, 15) is 9.59 Å². The molecule has 0 bridgehead atoms. The predicted octanol–water partition coefficient (Wildman–Crippen LogP) is 1.69. The van der Waals surface area contributed by atoms with Crippen molar-refractivity contribution in [1.82, 2.24) is 5.32 Å². The number of benzene rings is 1. The van der Waals surface area contributed by atoms with Crippen molar-refractivity contribution in [1.29, 1.82) is 0 Å². The van der Waals surface area contributed by atoms with Gasteiger partial charge in [-0.3, -0.25) is 4.79 Å². The number of ether oxygens (including phenoxy) is 2. The Morgan fingerprint density at radius 2 is 1.90 bits per heavy atom. The first-order valence-electron chi connectivity index (χ1n) is 6.23. The molecule has 0 unspecified atom stereocenters. The van der Waals surface area contributed by atoms with Gasteiger partial charge in [-0.25, -0.2) is 4.79 Å². The van der Waals surface area contributed by atoms with Crippen molar-refractivity contribution >= 4 is 17.7 Å². The molecular weight excluding hydrogens is 264 g/mol. The van der Waals surface area contributed by atoms with Gasteiger partial charge in [-0.2, -0.15) is 0 Å². The number of nitrogens with one attached hydrogen (secondary N) is 2. The molecule has 7 nitrogen and oxygen atoms in total. The van der Waals surface area contributed by atoms with E-state index in [2.05, 4.69) is 10.6 Å². The molecule has 110 valence electrons. The number of carbonyl (C=O) groups is 2. The zero-order chi connectivity index (χ0) is 15.0. The maximum Gasteiger partial charge on any atom is 0.323 e. The van der Waals surface area contributed by atoms with Gasteiger partial charge in [0.25, 0.3) is 0 Å². The quantitative estimate of drug-likeness (QED) is 0.707. The van der Waals surface area contributed by atoms with Gasteiger partial charge < -0.3 is 25.2 Å². The predicted molar refractivity (Wildman–Crippen MR) is 73.4 cm³/mol. The number of amides is 2. The summed E-state index contributed by atoms with van der Waals surface area (Å²) in [6, 6.07) is 4.41. The lowest BCUT2D eigenvalue weighted by molar-refractivity contribution is -0.135. The minimum absolute atomic E-state index is 0.417. The maximum atomic E-state index is 11.6. The van der Waals surface area contributed by atoms with Crippen molar-refractivity contribution in [3.63, 3.8) is 0 Å². The van der Waals surface area contributed by atoms with E-state index < -0.39 is 18.5 Å². The highest BCUT2D eigenvalue weighted by Gasteiger charge is 2.10.